The Bertz CT molecular complexity index is 288. The Morgan fingerprint density at radius 2 is 1.84 bits per heavy atom. The summed E-state index contributed by atoms with van der Waals surface area (Å²) < 4.78 is 5.49. The van der Waals surface area contributed by atoms with Crippen molar-refractivity contribution in [2.45, 2.75) is 50.7 Å². The molecule has 3 fully saturated rings. The maximum absolute atomic E-state index is 5.49. The second-order valence-electron chi connectivity index (χ2n) is 6.96. The Labute approximate surface area is 117 Å². The average Bonchev–Trinajstić information content (AvgIpc) is 2.63. The Morgan fingerprint density at radius 3 is 2.63 bits per heavy atom. The molecule has 3 saturated heterocycles. The predicted octanol–water partition coefficient (Wildman–Crippen LogP) is 0.924. The number of rotatable bonds is 3. The van der Waals surface area contributed by atoms with E-state index in [0.29, 0.717) is 0 Å². The van der Waals surface area contributed by atoms with Gasteiger partial charge in [-0.2, -0.15) is 0 Å². The van der Waals surface area contributed by atoms with Crippen molar-refractivity contribution in [3.05, 3.63) is 0 Å². The van der Waals surface area contributed by atoms with E-state index >= 15 is 0 Å². The van der Waals surface area contributed by atoms with Crippen molar-refractivity contribution < 1.29 is 4.74 Å². The fourth-order valence-corrected chi connectivity index (χ4v) is 4.06. The molecule has 0 unspecified atom stereocenters. The Kier molecular flexibility index (Phi) is 4.13. The fourth-order valence-electron chi connectivity index (χ4n) is 4.06. The molecule has 3 rings (SSSR count). The topological polar surface area (TPSA) is 27.7 Å². The van der Waals surface area contributed by atoms with E-state index in [4.69, 9.17) is 4.74 Å². The summed E-state index contributed by atoms with van der Waals surface area (Å²) in [5.74, 6) is 0. The molecule has 0 aromatic rings. The van der Waals surface area contributed by atoms with Crippen molar-refractivity contribution in [3.8, 4) is 0 Å². The van der Waals surface area contributed by atoms with Gasteiger partial charge in [-0.25, -0.2) is 0 Å². The normalized spacial score (nSPS) is 34.4. The molecule has 19 heavy (non-hydrogen) atoms. The van der Waals surface area contributed by atoms with Crippen LogP contribution in [-0.4, -0.2) is 73.4 Å². The Balaban J connectivity index is 1.65. The van der Waals surface area contributed by atoms with E-state index in [-0.39, 0.29) is 5.54 Å². The molecule has 3 aliphatic heterocycles. The van der Waals surface area contributed by atoms with Crippen molar-refractivity contribution in [2.24, 2.45) is 0 Å². The fraction of sp³-hybridized carbons (Fsp3) is 1.00. The van der Waals surface area contributed by atoms with Crippen molar-refractivity contribution in [1.82, 2.24) is 15.1 Å². The van der Waals surface area contributed by atoms with Crippen molar-refractivity contribution in [1.29, 1.82) is 0 Å². The lowest BCUT2D eigenvalue weighted by Crippen LogP contribution is -2.57. The lowest BCUT2D eigenvalue weighted by molar-refractivity contribution is -0.0264. The molecule has 4 nitrogen and oxygen atoms in total. The number of hydrogen-bond donors (Lipinski definition) is 1. The highest BCUT2D eigenvalue weighted by molar-refractivity contribution is 4.97. The standard InChI is InChI=1S/C15H29N3O/c1-15(2,17-7-9-19-10-8-17)12-18-13-3-4-14(18)11-16-6-5-13/h13-14,16H,3-12H2,1-2H3/t13-,14+/m1/s1. The van der Waals surface area contributed by atoms with Gasteiger partial charge in [0.2, 0.25) is 0 Å². The SMILES string of the molecule is CC(C)(CN1[C@H]2CCNC[C@@H]1CC2)N1CCOCC1. The monoisotopic (exact) mass is 267 g/mol. The summed E-state index contributed by atoms with van der Waals surface area (Å²) in [4.78, 5) is 5.42. The maximum Gasteiger partial charge on any atom is 0.0594 e. The molecule has 0 spiro atoms. The van der Waals surface area contributed by atoms with Crippen LogP contribution in [0.25, 0.3) is 0 Å². The van der Waals surface area contributed by atoms with Crippen LogP contribution in [0.4, 0.5) is 0 Å². The van der Waals surface area contributed by atoms with Crippen LogP contribution in [0.2, 0.25) is 0 Å². The van der Waals surface area contributed by atoms with Crippen LogP contribution in [0.15, 0.2) is 0 Å². The first-order chi connectivity index (χ1) is 9.17. The predicted molar refractivity (Wildman–Crippen MR) is 77.5 cm³/mol. The zero-order valence-electron chi connectivity index (χ0n) is 12.5. The quantitative estimate of drug-likeness (QED) is 0.823. The van der Waals surface area contributed by atoms with Crippen LogP contribution in [0, 0.1) is 0 Å². The Hall–Kier alpha value is -0.160. The summed E-state index contributed by atoms with van der Waals surface area (Å²) in [7, 11) is 0. The van der Waals surface area contributed by atoms with Crippen molar-refractivity contribution >= 4 is 0 Å². The first kappa shape index (κ1) is 13.8. The van der Waals surface area contributed by atoms with Gasteiger partial charge >= 0.3 is 0 Å². The smallest absolute Gasteiger partial charge is 0.0594 e. The van der Waals surface area contributed by atoms with E-state index in [1.54, 1.807) is 0 Å². The summed E-state index contributed by atoms with van der Waals surface area (Å²) >= 11 is 0. The minimum absolute atomic E-state index is 0.273. The molecule has 110 valence electrons. The minimum atomic E-state index is 0.273. The van der Waals surface area contributed by atoms with Crippen LogP contribution >= 0.6 is 0 Å². The molecular formula is C15H29N3O. The van der Waals surface area contributed by atoms with Gasteiger partial charge in [-0.05, 0) is 39.7 Å². The summed E-state index contributed by atoms with van der Waals surface area (Å²) in [6.45, 7) is 12.4. The maximum atomic E-state index is 5.49. The van der Waals surface area contributed by atoms with E-state index in [0.717, 1.165) is 38.4 Å². The number of nitrogens with zero attached hydrogens (tertiary/aromatic N) is 2. The molecular weight excluding hydrogens is 238 g/mol. The lowest BCUT2D eigenvalue weighted by atomic mass is 10.00. The second-order valence-corrected chi connectivity index (χ2v) is 6.96. The molecule has 0 radical (unpaired) electrons. The van der Waals surface area contributed by atoms with E-state index in [1.807, 2.05) is 0 Å². The highest BCUT2D eigenvalue weighted by Gasteiger charge is 2.39. The number of morpholine rings is 1. The van der Waals surface area contributed by atoms with Gasteiger partial charge < -0.3 is 10.1 Å². The van der Waals surface area contributed by atoms with E-state index < -0.39 is 0 Å². The van der Waals surface area contributed by atoms with Crippen LogP contribution in [0.3, 0.4) is 0 Å². The third-order valence-corrected chi connectivity index (χ3v) is 5.24. The van der Waals surface area contributed by atoms with Crippen LogP contribution < -0.4 is 5.32 Å². The number of hydrogen-bond acceptors (Lipinski definition) is 4. The molecule has 1 N–H and O–H groups in total. The zero-order valence-corrected chi connectivity index (χ0v) is 12.5. The van der Waals surface area contributed by atoms with Crippen molar-refractivity contribution in [2.75, 3.05) is 45.9 Å². The summed E-state index contributed by atoms with van der Waals surface area (Å²) in [6.07, 6.45) is 4.12. The van der Waals surface area contributed by atoms with Gasteiger partial charge in [-0.3, -0.25) is 9.80 Å². The molecule has 0 aromatic heterocycles. The van der Waals surface area contributed by atoms with E-state index in [1.165, 1.54) is 38.9 Å². The highest BCUT2D eigenvalue weighted by Crippen LogP contribution is 2.31. The number of nitrogens with one attached hydrogen (secondary N) is 1. The van der Waals surface area contributed by atoms with Gasteiger partial charge in [0.25, 0.3) is 0 Å². The summed E-state index contributed by atoms with van der Waals surface area (Å²) in [6, 6.07) is 1.59. The zero-order chi connectivity index (χ0) is 13.3. The third-order valence-electron chi connectivity index (χ3n) is 5.24. The highest BCUT2D eigenvalue weighted by atomic mass is 16.5. The number of ether oxygens (including phenoxy) is 1. The average molecular weight is 267 g/mol. The van der Waals surface area contributed by atoms with E-state index in [2.05, 4.69) is 29.0 Å². The molecule has 3 heterocycles. The van der Waals surface area contributed by atoms with Crippen molar-refractivity contribution in [3.63, 3.8) is 0 Å². The molecule has 2 atom stereocenters. The minimum Gasteiger partial charge on any atom is -0.379 e. The molecule has 0 amide bonds. The molecule has 0 aliphatic carbocycles. The van der Waals surface area contributed by atoms with Crippen LogP contribution in [0.1, 0.15) is 33.1 Å². The van der Waals surface area contributed by atoms with Gasteiger partial charge in [0.15, 0.2) is 0 Å². The summed E-state index contributed by atoms with van der Waals surface area (Å²) in [5, 5.41) is 3.60. The van der Waals surface area contributed by atoms with Crippen LogP contribution in [-0.2, 0) is 4.74 Å². The molecule has 0 aromatic carbocycles. The Morgan fingerprint density at radius 1 is 1.11 bits per heavy atom. The first-order valence-corrected chi connectivity index (χ1v) is 7.96. The molecule has 0 saturated carbocycles. The van der Waals surface area contributed by atoms with Gasteiger partial charge in [-0.15, -0.1) is 0 Å². The van der Waals surface area contributed by atoms with Crippen LogP contribution in [0.5, 0.6) is 0 Å². The third kappa shape index (κ3) is 2.97. The lowest BCUT2D eigenvalue weighted by Gasteiger charge is -2.45. The van der Waals surface area contributed by atoms with Gasteiger partial charge in [-0.1, -0.05) is 0 Å². The largest absolute Gasteiger partial charge is 0.379 e. The first-order valence-electron chi connectivity index (χ1n) is 7.96. The van der Waals surface area contributed by atoms with E-state index in [9.17, 15) is 0 Å². The second kappa shape index (κ2) is 5.68. The summed E-state index contributed by atoms with van der Waals surface area (Å²) in [5.41, 5.74) is 0.273. The van der Waals surface area contributed by atoms with Gasteiger partial charge in [0.1, 0.15) is 0 Å². The van der Waals surface area contributed by atoms with Gasteiger partial charge in [0.05, 0.1) is 13.2 Å². The number of fused-ring (bicyclic) bond motifs is 2. The molecule has 2 bridgehead atoms. The molecule has 4 heteroatoms. The molecule has 3 aliphatic rings. The van der Waals surface area contributed by atoms with Gasteiger partial charge in [0, 0.05) is 43.8 Å².